The van der Waals surface area contributed by atoms with Crippen molar-refractivity contribution in [2.75, 3.05) is 26.2 Å². The van der Waals surface area contributed by atoms with Crippen molar-refractivity contribution in [2.24, 2.45) is 11.8 Å². The molecule has 2 heterocycles. The molecule has 0 aromatic rings. The van der Waals surface area contributed by atoms with Gasteiger partial charge in [0.1, 0.15) is 0 Å². The molecule has 0 bridgehead atoms. The molecule has 0 saturated carbocycles. The van der Waals surface area contributed by atoms with E-state index < -0.39 is 0 Å². The van der Waals surface area contributed by atoms with Crippen LogP contribution in [-0.4, -0.2) is 37.0 Å². The Bertz CT molecular complexity index is 234. The molecule has 2 aliphatic rings. The number of hydrogen-bond donors (Lipinski definition) is 1. The predicted molar refractivity (Wildman–Crippen MR) is 65.2 cm³/mol. The molecule has 92 valence electrons. The summed E-state index contributed by atoms with van der Waals surface area (Å²) in [5.41, 5.74) is 0. The maximum Gasteiger partial charge on any atom is 0.227 e. The highest BCUT2D eigenvalue weighted by Crippen LogP contribution is 2.20. The zero-order valence-electron chi connectivity index (χ0n) is 10.4. The van der Waals surface area contributed by atoms with Gasteiger partial charge < -0.3 is 10.2 Å². The number of likely N-dealkylation sites (tertiary alicyclic amines) is 1. The van der Waals surface area contributed by atoms with Gasteiger partial charge in [0.25, 0.3) is 0 Å². The van der Waals surface area contributed by atoms with Gasteiger partial charge in [0.05, 0.1) is 5.92 Å². The van der Waals surface area contributed by atoms with E-state index in [0.717, 1.165) is 26.2 Å². The lowest BCUT2D eigenvalue weighted by atomic mass is 9.96. The molecule has 3 nitrogen and oxygen atoms in total. The van der Waals surface area contributed by atoms with Crippen LogP contribution in [0.3, 0.4) is 0 Å². The molecule has 2 fully saturated rings. The largest absolute Gasteiger partial charge is 0.342 e. The van der Waals surface area contributed by atoms with Crippen molar-refractivity contribution in [3.8, 4) is 0 Å². The number of amides is 1. The van der Waals surface area contributed by atoms with Crippen LogP contribution in [0.1, 0.15) is 39.0 Å². The standard InChI is InChI=1S/C13H24N2O/c1-11-9-14-10-12(11)13(16)15-7-5-3-2-4-6-8-15/h11-12,14H,2-10H2,1H3. The van der Waals surface area contributed by atoms with Crippen LogP contribution < -0.4 is 5.32 Å². The van der Waals surface area contributed by atoms with E-state index in [0.29, 0.717) is 11.8 Å². The highest BCUT2D eigenvalue weighted by Gasteiger charge is 2.32. The number of carbonyl (C=O) groups is 1. The Morgan fingerprint density at radius 2 is 1.69 bits per heavy atom. The van der Waals surface area contributed by atoms with Crippen molar-refractivity contribution in [1.82, 2.24) is 10.2 Å². The Morgan fingerprint density at radius 3 is 2.25 bits per heavy atom. The molecule has 0 aliphatic carbocycles. The second-order valence-electron chi connectivity index (χ2n) is 5.34. The average molecular weight is 224 g/mol. The minimum atomic E-state index is 0.236. The Kier molecular flexibility index (Phi) is 4.22. The number of nitrogens with one attached hydrogen (secondary N) is 1. The lowest BCUT2D eigenvalue weighted by molar-refractivity contribution is -0.136. The molecule has 3 heteroatoms. The Morgan fingerprint density at radius 1 is 1.06 bits per heavy atom. The van der Waals surface area contributed by atoms with Gasteiger partial charge in [-0.25, -0.2) is 0 Å². The zero-order valence-corrected chi connectivity index (χ0v) is 10.4. The fourth-order valence-corrected chi connectivity index (χ4v) is 2.84. The molecule has 2 unspecified atom stereocenters. The van der Waals surface area contributed by atoms with Gasteiger partial charge in [-0.3, -0.25) is 4.79 Å². The number of nitrogens with zero attached hydrogens (tertiary/aromatic N) is 1. The Labute approximate surface area is 98.6 Å². The van der Waals surface area contributed by atoms with Gasteiger partial charge in [-0.05, 0) is 25.3 Å². The first kappa shape index (κ1) is 11.9. The molecule has 2 saturated heterocycles. The van der Waals surface area contributed by atoms with Crippen LogP contribution in [0.4, 0.5) is 0 Å². The van der Waals surface area contributed by atoms with Gasteiger partial charge in [-0.1, -0.05) is 26.2 Å². The van der Waals surface area contributed by atoms with Crippen LogP contribution in [0.2, 0.25) is 0 Å². The monoisotopic (exact) mass is 224 g/mol. The number of hydrogen-bond acceptors (Lipinski definition) is 2. The second-order valence-corrected chi connectivity index (χ2v) is 5.34. The van der Waals surface area contributed by atoms with Crippen LogP contribution in [0.15, 0.2) is 0 Å². The summed E-state index contributed by atoms with van der Waals surface area (Å²) in [4.78, 5) is 14.5. The topological polar surface area (TPSA) is 32.3 Å². The molecule has 0 aromatic carbocycles. The summed E-state index contributed by atoms with van der Waals surface area (Å²) in [5.74, 6) is 1.15. The quantitative estimate of drug-likeness (QED) is 0.734. The maximum absolute atomic E-state index is 12.4. The van der Waals surface area contributed by atoms with Gasteiger partial charge >= 0.3 is 0 Å². The molecule has 1 N–H and O–H groups in total. The molecule has 1 amide bonds. The molecule has 2 atom stereocenters. The van der Waals surface area contributed by atoms with Crippen molar-refractivity contribution in [1.29, 1.82) is 0 Å². The van der Waals surface area contributed by atoms with Crippen molar-refractivity contribution < 1.29 is 4.79 Å². The van der Waals surface area contributed by atoms with Crippen molar-refractivity contribution in [3.63, 3.8) is 0 Å². The van der Waals surface area contributed by atoms with E-state index in [1.165, 1.54) is 32.1 Å². The van der Waals surface area contributed by atoms with Gasteiger partial charge in [0.2, 0.25) is 5.91 Å². The number of carbonyl (C=O) groups excluding carboxylic acids is 1. The first-order valence-electron chi connectivity index (χ1n) is 6.78. The summed E-state index contributed by atoms with van der Waals surface area (Å²) in [6.07, 6.45) is 6.33. The molecular formula is C13H24N2O. The van der Waals surface area contributed by atoms with E-state index in [4.69, 9.17) is 0 Å². The SMILES string of the molecule is CC1CNCC1C(=O)N1CCCCCCC1. The van der Waals surface area contributed by atoms with Crippen molar-refractivity contribution >= 4 is 5.91 Å². The minimum Gasteiger partial charge on any atom is -0.342 e. The third-order valence-corrected chi connectivity index (χ3v) is 4.00. The molecule has 16 heavy (non-hydrogen) atoms. The maximum atomic E-state index is 12.4. The summed E-state index contributed by atoms with van der Waals surface area (Å²) in [6, 6.07) is 0. The third kappa shape index (κ3) is 2.76. The second kappa shape index (κ2) is 5.67. The molecule has 2 aliphatic heterocycles. The van der Waals surface area contributed by atoms with Crippen LogP contribution in [0, 0.1) is 11.8 Å². The fourth-order valence-electron chi connectivity index (χ4n) is 2.84. The van der Waals surface area contributed by atoms with E-state index in [1.807, 2.05) is 0 Å². The van der Waals surface area contributed by atoms with Gasteiger partial charge in [-0.15, -0.1) is 0 Å². The highest BCUT2D eigenvalue weighted by atomic mass is 16.2. The van der Waals surface area contributed by atoms with Gasteiger partial charge in [-0.2, -0.15) is 0 Å². The van der Waals surface area contributed by atoms with Crippen molar-refractivity contribution in [3.05, 3.63) is 0 Å². The van der Waals surface area contributed by atoms with Gasteiger partial charge in [0.15, 0.2) is 0 Å². The zero-order chi connectivity index (χ0) is 11.4. The van der Waals surface area contributed by atoms with E-state index >= 15 is 0 Å². The van der Waals surface area contributed by atoms with Crippen molar-refractivity contribution in [2.45, 2.75) is 39.0 Å². The van der Waals surface area contributed by atoms with Crippen LogP contribution in [-0.2, 0) is 4.79 Å². The normalized spacial score (nSPS) is 32.2. The van der Waals surface area contributed by atoms with E-state index in [9.17, 15) is 4.79 Å². The Hall–Kier alpha value is -0.570. The fraction of sp³-hybridized carbons (Fsp3) is 0.923. The van der Waals surface area contributed by atoms with E-state index in [2.05, 4.69) is 17.1 Å². The lowest BCUT2D eigenvalue weighted by Gasteiger charge is -2.28. The van der Waals surface area contributed by atoms with Crippen LogP contribution in [0.5, 0.6) is 0 Å². The summed E-state index contributed by atoms with van der Waals surface area (Å²) in [5, 5.41) is 3.32. The molecule has 0 aromatic heterocycles. The van der Waals surface area contributed by atoms with Crippen LogP contribution >= 0.6 is 0 Å². The summed E-state index contributed by atoms with van der Waals surface area (Å²) in [6.45, 7) is 6.05. The smallest absolute Gasteiger partial charge is 0.227 e. The molecular weight excluding hydrogens is 200 g/mol. The molecule has 0 spiro atoms. The van der Waals surface area contributed by atoms with E-state index in [-0.39, 0.29) is 5.92 Å². The first-order chi connectivity index (χ1) is 7.79. The van der Waals surface area contributed by atoms with Gasteiger partial charge in [0, 0.05) is 19.6 Å². The summed E-state index contributed by atoms with van der Waals surface area (Å²) >= 11 is 0. The number of rotatable bonds is 1. The predicted octanol–water partition coefficient (Wildman–Crippen LogP) is 1.63. The third-order valence-electron chi connectivity index (χ3n) is 4.00. The van der Waals surface area contributed by atoms with E-state index in [1.54, 1.807) is 0 Å². The molecule has 0 radical (unpaired) electrons. The highest BCUT2D eigenvalue weighted by molar-refractivity contribution is 5.79. The summed E-state index contributed by atoms with van der Waals surface area (Å²) in [7, 11) is 0. The molecule has 2 rings (SSSR count). The summed E-state index contributed by atoms with van der Waals surface area (Å²) < 4.78 is 0. The first-order valence-corrected chi connectivity index (χ1v) is 6.78. The van der Waals surface area contributed by atoms with Crippen LogP contribution in [0.25, 0.3) is 0 Å². The Balaban J connectivity index is 1.91. The average Bonchev–Trinajstić information content (AvgIpc) is 2.63. The minimum absolute atomic E-state index is 0.236. The lowest BCUT2D eigenvalue weighted by Crippen LogP contribution is -2.40.